The molecule has 0 unspecified atom stereocenters. The number of primary amides is 1. The van der Waals surface area contributed by atoms with E-state index in [2.05, 4.69) is 13.8 Å². The zero-order valence-corrected chi connectivity index (χ0v) is 28.3. The zero-order chi connectivity index (χ0) is 35.1. The third-order valence-corrected chi connectivity index (χ3v) is 10.5. The molecule has 252 valence electrons. The Bertz CT molecular complexity index is 1760. The van der Waals surface area contributed by atoms with Crippen molar-refractivity contribution >= 4 is 28.8 Å². The van der Waals surface area contributed by atoms with Gasteiger partial charge in [0.2, 0.25) is 5.78 Å². The van der Waals surface area contributed by atoms with Crippen molar-refractivity contribution < 1.29 is 29.7 Å². The zero-order valence-electron chi connectivity index (χ0n) is 28.3. The van der Waals surface area contributed by atoms with E-state index in [9.17, 15) is 29.7 Å². The van der Waals surface area contributed by atoms with E-state index in [1.807, 2.05) is 43.3 Å². The molecule has 3 aliphatic carbocycles. The summed E-state index contributed by atoms with van der Waals surface area (Å²) in [4.78, 5) is 44.5. The van der Waals surface area contributed by atoms with E-state index in [-0.39, 0.29) is 47.5 Å². The van der Waals surface area contributed by atoms with Crippen LogP contribution < -0.4 is 27.2 Å². The summed E-state index contributed by atoms with van der Waals surface area (Å²) in [7, 11) is 6.90. The lowest BCUT2D eigenvalue weighted by molar-refractivity contribution is -0.158. The predicted octanol–water partition coefficient (Wildman–Crippen LogP) is 2.17. The van der Waals surface area contributed by atoms with Gasteiger partial charge in [-0.15, -0.1) is 0 Å². The number of hydrazine groups is 1. The van der Waals surface area contributed by atoms with Crippen molar-refractivity contribution in [3.63, 3.8) is 0 Å². The number of nitrogens with zero attached hydrogens (tertiary/aromatic N) is 3. The molecule has 12 heteroatoms. The van der Waals surface area contributed by atoms with E-state index in [0.717, 1.165) is 5.56 Å². The first-order valence-corrected chi connectivity index (χ1v) is 15.6. The van der Waals surface area contributed by atoms with Crippen LogP contribution in [0.3, 0.4) is 0 Å². The van der Waals surface area contributed by atoms with Crippen LogP contribution in [0.15, 0.2) is 52.8 Å². The Morgan fingerprint density at radius 2 is 1.66 bits per heavy atom. The van der Waals surface area contributed by atoms with E-state index in [0.29, 0.717) is 17.2 Å². The fourth-order valence-electron chi connectivity index (χ4n) is 8.37. The first kappa shape index (κ1) is 34.1. The van der Waals surface area contributed by atoms with Gasteiger partial charge in [0.1, 0.15) is 11.3 Å². The van der Waals surface area contributed by atoms with Crippen molar-refractivity contribution in [1.82, 2.24) is 4.90 Å². The molecule has 2 aromatic carbocycles. The second-order valence-electron chi connectivity index (χ2n) is 14.3. The molecule has 1 amide bonds. The molecule has 12 nitrogen and oxygen atoms in total. The minimum absolute atomic E-state index is 0.0274. The summed E-state index contributed by atoms with van der Waals surface area (Å²) in [5, 5.41) is 36.8. The number of phenolic OH excluding ortho intramolecular Hbond substituents is 1. The summed E-state index contributed by atoms with van der Waals surface area (Å²) in [6, 6.07) is 8.65. The molecule has 9 N–H and O–H groups in total. The molecule has 0 radical (unpaired) electrons. The molecule has 2 aromatic rings. The summed E-state index contributed by atoms with van der Waals surface area (Å²) in [6.45, 7) is 7.50. The van der Waals surface area contributed by atoms with Gasteiger partial charge in [0.05, 0.1) is 23.8 Å². The van der Waals surface area contributed by atoms with E-state index in [4.69, 9.17) is 17.3 Å². The summed E-state index contributed by atoms with van der Waals surface area (Å²) in [5.74, 6) is 3.05. The number of carbonyl (C=O) groups excluding carboxylic acids is 3. The van der Waals surface area contributed by atoms with Crippen LogP contribution in [-0.4, -0.2) is 83.1 Å². The van der Waals surface area contributed by atoms with E-state index < -0.39 is 51.4 Å². The fourth-order valence-corrected chi connectivity index (χ4v) is 8.37. The maximum absolute atomic E-state index is 14.7. The number of likely N-dealkylation sites (N-methyl/N-ethyl adjacent to an activating group) is 1. The molecule has 5 rings (SSSR count). The van der Waals surface area contributed by atoms with Crippen LogP contribution in [0.1, 0.15) is 67.1 Å². The molecule has 0 bridgehead atoms. The SMILES string of the molecule is CC1=C2C(=O)c3c(O)c(N(N)Cc4ccc(C(C)C)cc4)cc(N(C)C)c3C[C@@]2(N)C[C@@]2(C)[C@H](N(C)C)C(O)=C(C(N)=O)C(=O)[C@@]12O. The van der Waals surface area contributed by atoms with Crippen LogP contribution in [0, 0.1) is 5.41 Å². The van der Waals surface area contributed by atoms with Crippen molar-refractivity contribution in [2.45, 2.75) is 70.2 Å². The van der Waals surface area contributed by atoms with Crippen LogP contribution in [0.5, 0.6) is 5.75 Å². The molecular formula is C35H46N6O6. The Hall–Kier alpha value is -4.23. The Morgan fingerprint density at radius 1 is 1.06 bits per heavy atom. The number of hydrogen-bond donors (Lipinski definition) is 6. The molecule has 4 atom stereocenters. The molecule has 0 saturated carbocycles. The highest BCUT2D eigenvalue weighted by atomic mass is 16.3. The maximum atomic E-state index is 14.7. The first-order valence-electron chi connectivity index (χ1n) is 15.6. The summed E-state index contributed by atoms with van der Waals surface area (Å²) in [6.07, 6.45) is -0.0553. The lowest BCUT2D eigenvalue weighted by Crippen LogP contribution is -2.73. The van der Waals surface area contributed by atoms with Gasteiger partial charge in [-0.3, -0.25) is 19.3 Å². The highest BCUT2D eigenvalue weighted by Gasteiger charge is 2.70. The van der Waals surface area contributed by atoms with Gasteiger partial charge in [0.25, 0.3) is 5.91 Å². The smallest absolute Gasteiger partial charge is 0.255 e. The van der Waals surface area contributed by atoms with Gasteiger partial charge in [-0.2, -0.15) is 0 Å². The van der Waals surface area contributed by atoms with Crippen molar-refractivity contribution in [2.24, 2.45) is 22.7 Å². The highest BCUT2D eigenvalue weighted by molar-refractivity contribution is 6.25. The number of amides is 1. The number of aliphatic hydroxyl groups is 2. The summed E-state index contributed by atoms with van der Waals surface area (Å²) in [5.41, 5.74) is 9.91. The number of fused-ring (bicyclic) bond motifs is 3. The third kappa shape index (κ3) is 4.76. The van der Waals surface area contributed by atoms with Crippen LogP contribution in [0.2, 0.25) is 0 Å². The molecule has 0 aromatic heterocycles. The largest absolute Gasteiger partial charge is 0.510 e. The normalized spacial score (nSPS) is 27.2. The number of anilines is 2. The number of aromatic hydroxyl groups is 1. The van der Waals surface area contributed by atoms with Crippen molar-refractivity contribution in [1.29, 1.82) is 0 Å². The van der Waals surface area contributed by atoms with Gasteiger partial charge in [-0.1, -0.05) is 45.0 Å². The molecule has 0 spiro atoms. The lowest BCUT2D eigenvalue weighted by atomic mass is 9.47. The van der Waals surface area contributed by atoms with Gasteiger partial charge < -0.3 is 36.7 Å². The number of carbonyl (C=O) groups is 3. The van der Waals surface area contributed by atoms with Crippen LogP contribution >= 0.6 is 0 Å². The van der Waals surface area contributed by atoms with Gasteiger partial charge in [0, 0.05) is 36.3 Å². The number of ketones is 2. The number of aliphatic hydroxyl groups excluding tert-OH is 1. The number of hydrogen-bond acceptors (Lipinski definition) is 11. The Balaban J connectivity index is 1.71. The number of rotatable bonds is 7. The standard InChI is InChI=1S/C35H46N6O6/c1-17(2)20-11-9-19(10-12-20)15-41(38)23-13-22(39(5)6)21-14-34(37)16-33(4)30(40(7)8)29(44)25(32(36)46)31(45)35(33,47)18(3)26(34)28(43)24(21)27(23)42/h9-13,17,30,42,44,47H,14-16,37-38H2,1-8H3,(H2,36,46)/t30-,33+,34-,35+/m1/s1. The fraction of sp³-hybridized carbons (Fsp3) is 0.457. The minimum Gasteiger partial charge on any atom is -0.510 e. The third-order valence-electron chi connectivity index (χ3n) is 10.5. The number of Topliss-reactive ketones (excluding diaryl/α,β-unsaturated/α-hetero) is 2. The van der Waals surface area contributed by atoms with Crippen LogP contribution in [0.25, 0.3) is 0 Å². The molecule has 0 heterocycles. The lowest BCUT2D eigenvalue weighted by Gasteiger charge is -2.60. The quantitative estimate of drug-likeness (QED) is 0.146. The van der Waals surface area contributed by atoms with Crippen LogP contribution in [0.4, 0.5) is 11.4 Å². The Labute approximate surface area is 275 Å². The van der Waals surface area contributed by atoms with E-state index in [1.165, 1.54) is 17.5 Å². The second-order valence-corrected chi connectivity index (χ2v) is 14.3. The van der Waals surface area contributed by atoms with Gasteiger partial charge >= 0.3 is 0 Å². The monoisotopic (exact) mass is 646 g/mol. The molecule has 0 fully saturated rings. The average Bonchev–Trinajstić information content (AvgIpc) is 2.94. The summed E-state index contributed by atoms with van der Waals surface area (Å²) < 4.78 is 0. The van der Waals surface area contributed by atoms with Crippen molar-refractivity contribution in [3.8, 4) is 5.75 Å². The van der Waals surface area contributed by atoms with Crippen LogP contribution in [-0.2, 0) is 22.6 Å². The average molecular weight is 647 g/mol. The number of nitrogens with two attached hydrogens (primary N) is 3. The van der Waals surface area contributed by atoms with Crippen molar-refractivity contribution in [2.75, 3.05) is 38.1 Å². The highest BCUT2D eigenvalue weighted by Crippen LogP contribution is 2.60. The number of benzene rings is 2. The molecule has 3 aliphatic rings. The Morgan fingerprint density at radius 3 is 2.17 bits per heavy atom. The van der Waals surface area contributed by atoms with Gasteiger partial charge in [-0.25, -0.2) is 5.84 Å². The molecular weight excluding hydrogens is 600 g/mol. The number of phenols is 1. The minimum atomic E-state index is -2.43. The summed E-state index contributed by atoms with van der Waals surface area (Å²) >= 11 is 0. The van der Waals surface area contributed by atoms with E-state index in [1.54, 1.807) is 32.0 Å². The van der Waals surface area contributed by atoms with E-state index >= 15 is 0 Å². The molecule has 47 heavy (non-hydrogen) atoms. The predicted molar refractivity (Wildman–Crippen MR) is 180 cm³/mol. The van der Waals surface area contributed by atoms with Gasteiger partial charge in [0.15, 0.2) is 17.1 Å². The molecule has 0 saturated heterocycles. The topological polar surface area (TPSA) is 200 Å². The second kappa shape index (κ2) is 11.2. The van der Waals surface area contributed by atoms with Gasteiger partial charge in [-0.05, 0) is 68.1 Å². The maximum Gasteiger partial charge on any atom is 0.255 e. The van der Waals surface area contributed by atoms with Crippen molar-refractivity contribution in [3.05, 3.63) is 75.1 Å². The Kier molecular flexibility index (Phi) is 8.12. The first-order chi connectivity index (χ1) is 21.7. The molecule has 0 aliphatic heterocycles.